The van der Waals surface area contributed by atoms with E-state index in [9.17, 15) is 4.79 Å². The van der Waals surface area contributed by atoms with Gasteiger partial charge in [0.15, 0.2) is 0 Å². The molecule has 0 aliphatic heterocycles. The molecule has 5 aromatic rings. The highest BCUT2D eigenvalue weighted by Gasteiger charge is 2.22. The second-order valence-corrected chi connectivity index (χ2v) is 8.37. The Bertz CT molecular complexity index is 1380. The predicted molar refractivity (Wildman–Crippen MR) is 130 cm³/mol. The SMILES string of the molecule is Nc1c(C(=O)OCc2ccccc2)sc2nc(-c3ccccc3)cc(-c3ccccc3)c12. The molecule has 0 fully saturated rings. The second kappa shape index (κ2) is 8.65. The summed E-state index contributed by atoms with van der Waals surface area (Å²) in [7, 11) is 0. The fourth-order valence-electron chi connectivity index (χ4n) is 3.66. The molecule has 32 heavy (non-hydrogen) atoms. The molecule has 0 saturated heterocycles. The van der Waals surface area contributed by atoms with Gasteiger partial charge in [0, 0.05) is 10.9 Å². The summed E-state index contributed by atoms with van der Waals surface area (Å²) in [5, 5.41) is 0.785. The van der Waals surface area contributed by atoms with Gasteiger partial charge in [-0.15, -0.1) is 11.3 Å². The first-order valence-electron chi connectivity index (χ1n) is 10.3. The summed E-state index contributed by atoms with van der Waals surface area (Å²) in [6.45, 7) is 0.196. The Hall–Kier alpha value is -3.96. The minimum Gasteiger partial charge on any atom is -0.457 e. The average molecular weight is 437 g/mol. The molecule has 5 heteroatoms. The van der Waals surface area contributed by atoms with Gasteiger partial charge in [-0.25, -0.2) is 9.78 Å². The standard InChI is InChI=1S/C27H20N2O2S/c28-24-23-21(19-12-6-2-7-13-19)16-22(20-14-8-3-9-15-20)29-26(23)32-25(24)27(30)31-17-18-10-4-1-5-11-18/h1-16H,17,28H2. The molecule has 0 bridgehead atoms. The van der Waals surface area contributed by atoms with E-state index in [4.69, 9.17) is 15.5 Å². The van der Waals surface area contributed by atoms with Crippen LogP contribution in [0.3, 0.4) is 0 Å². The third-order valence-corrected chi connectivity index (χ3v) is 6.33. The number of hydrogen-bond donors (Lipinski definition) is 1. The van der Waals surface area contributed by atoms with Crippen LogP contribution in [0.1, 0.15) is 15.2 Å². The number of anilines is 1. The Morgan fingerprint density at radius 2 is 1.44 bits per heavy atom. The smallest absolute Gasteiger partial charge is 0.350 e. The van der Waals surface area contributed by atoms with Crippen molar-refractivity contribution in [3.05, 3.63) is 108 Å². The second-order valence-electron chi connectivity index (χ2n) is 7.37. The molecule has 0 aliphatic rings. The van der Waals surface area contributed by atoms with Gasteiger partial charge in [-0.3, -0.25) is 0 Å². The molecule has 0 aliphatic carbocycles. The lowest BCUT2D eigenvalue weighted by atomic mass is 9.99. The van der Waals surface area contributed by atoms with Crippen LogP contribution in [0.4, 0.5) is 5.69 Å². The summed E-state index contributed by atoms with van der Waals surface area (Å²) in [4.78, 5) is 18.8. The normalized spacial score (nSPS) is 10.9. The Labute approximate surface area is 189 Å². The summed E-state index contributed by atoms with van der Waals surface area (Å²) in [6.07, 6.45) is 0. The first-order valence-corrected chi connectivity index (χ1v) is 11.1. The molecule has 0 atom stereocenters. The van der Waals surface area contributed by atoms with E-state index in [0.29, 0.717) is 10.6 Å². The van der Waals surface area contributed by atoms with Crippen molar-refractivity contribution in [2.75, 3.05) is 5.73 Å². The van der Waals surface area contributed by atoms with Crippen molar-refractivity contribution < 1.29 is 9.53 Å². The molecular weight excluding hydrogens is 416 g/mol. The number of nitrogens with zero attached hydrogens (tertiary/aromatic N) is 1. The molecule has 2 N–H and O–H groups in total. The van der Waals surface area contributed by atoms with Gasteiger partial charge in [0.2, 0.25) is 0 Å². The molecule has 0 radical (unpaired) electrons. The molecule has 2 heterocycles. The van der Waals surface area contributed by atoms with Gasteiger partial charge in [-0.1, -0.05) is 91.0 Å². The summed E-state index contributed by atoms with van der Waals surface area (Å²) < 4.78 is 5.55. The van der Waals surface area contributed by atoms with E-state index < -0.39 is 5.97 Å². The molecule has 0 unspecified atom stereocenters. The number of rotatable bonds is 5. The maximum absolute atomic E-state index is 12.9. The molecule has 0 amide bonds. The number of fused-ring (bicyclic) bond motifs is 1. The molecule has 5 rings (SSSR count). The third kappa shape index (κ3) is 3.86. The zero-order valence-corrected chi connectivity index (χ0v) is 18.0. The number of nitrogen functional groups attached to an aromatic ring is 1. The van der Waals surface area contributed by atoms with Gasteiger partial charge in [0.05, 0.1) is 11.4 Å². The monoisotopic (exact) mass is 436 g/mol. The number of esters is 1. The zero-order valence-electron chi connectivity index (χ0n) is 17.2. The molecule has 4 nitrogen and oxygen atoms in total. The van der Waals surface area contributed by atoms with E-state index in [-0.39, 0.29) is 6.61 Å². The molecule has 0 spiro atoms. The van der Waals surface area contributed by atoms with Crippen LogP contribution in [0.25, 0.3) is 32.6 Å². The molecule has 0 saturated carbocycles. The van der Waals surface area contributed by atoms with Crippen molar-refractivity contribution in [1.29, 1.82) is 0 Å². The van der Waals surface area contributed by atoms with E-state index in [1.807, 2.05) is 97.1 Å². The van der Waals surface area contributed by atoms with Crippen LogP contribution < -0.4 is 5.73 Å². The number of benzene rings is 3. The molecular formula is C27H20N2O2S. The fourth-order valence-corrected chi connectivity index (χ4v) is 4.68. The molecule has 2 aromatic heterocycles. The van der Waals surface area contributed by atoms with Crippen molar-refractivity contribution >= 4 is 33.2 Å². The highest BCUT2D eigenvalue weighted by molar-refractivity contribution is 7.21. The number of aromatic nitrogens is 1. The van der Waals surface area contributed by atoms with Gasteiger partial charge < -0.3 is 10.5 Å². The van der Waals surface area contributed by atoms with E-state index in [2.05, 4.69) is 0 Å². The van der Waals surface area contributed by atoms with Crippen molar-refractivity contribution in [3.8, 4) is 22.4 Å². The number of pyridine rings is 1. The van der Waals surface area contributed by atoms with E-state index in [0.717, 1.165) is 38.2 Å². The van der Waals surface area contributed by atoms with E-state index in [1.54, 1.807) is 0 Å². The Morgan fingerprint density at radius 3 is 2.09 bits per heavy atom. The largest absolute Gasteiger partial charge is 0.457 e. The van der Waals surface area contributed by atoms with Crippen LogP contribution in [0.5, 0.6) is 0 Å². The highest BCUT2D eigenvalue weighted by atomic mass is 32.1. The summed E-state index contributed by atoms with van der Waals surface area (Å²) in [6, 6.07) is 31.6. The van der Waals surface area contributed by atoms with Crippen LogP contribution in [0.15, 0.2) is 97.1 Å². The Kier molecular flexibility index (Phi) is 5.40. The topological polar surface area (TPSA) is 65.2 Å². The summed E-state index contributed by atoms with van der Waals surface area (Å²) in [5.41, 5.74) is 11.7. The number of nitrogens with two attached hydrogens (primary N) is 1. The zero-order chi connectivity index (χ0) is 21.9. The average Bonchev–Trinajstić information content (AvgIpc) is 3.20. The molecule has 3 aromatic carbocycles. The van der Waals surface area contributed by atoms with Crippen LogP contribution in [0.2, 0.25) is 0 Å². The van der Waals surface area contributed by atoms with E-state index in [1.165, 1.54) is 11.3 Å². The predicted octanol–water partition coefficient (Wildman–Crippen LogP) is 6.57. The van der Waals surface area contributed by atoms with Gasteiger partial charge in [-0.2, -0.15) is 0 Å². The Balaban J connectivity index is 1.61. The lowest BCUT2D eigenvalue weighted by molar-refractivity contribution is 0.0480. The third-order valence-electron chi connectivity index (χ3n) is 5.25. The number of thiophene rings is 1. The first-order chi connectivity index (χ1) is 15.7. The van der Waals surface area contributed by atoms with Crippen LogP contribution >= 0.6 is 11.3 Å². The van der Waals surface area contributed by atoms with Gasteiger partial charge in [-0.05, 0) is 22.8 Å². The van der Waals surface area contributed by atoms with Crippen molar-refractivity contribution in [2.24, 2.45) is 0 Å². The van der Waals surface area contributed by atoms with Gasteiger partial charge >= 0.3 is 5.97 Å². The summed E-state index contributed by atoms with van der Waals surface area (Å²) >= 11 is 1.27. The van der Waals surface area contributed by atoms with E-state index >= 15 is 0 Å². The van der Waals surface area contributed by atoms with Crippen molar-refractivity contribution in [1.82, 2.24) is 4.98 Å². The van der Waals surface area contributed by atoms with Crippen LogP contribution in [-0.2, 0) is 11.3 Å². The maximum atomic E-state index is 12.9. The minimum atomic E-state index is -0.436. The fraction of sp³-hybridized carbons (Fsp3) is 0.0370. The van der Waals surface area contributed by atoms with Crippen molar-refractivity contribution in [2.45, 2.75) is 6.61 Å². The van der Waals surface area contributed by atoms with Crippen LogP contribution in [-0.4, -0.2) is 11.0 Å². The Morgan fingerprint density at radius 1 is 0.844 bits per heavy atom. The highest BCUT2D eigenvalue weighted by Crippen LogP contribution is 2.41. The number of carbonyl (C=O) groups is 1. The van der Waals surface area contributed by atoms with Crippen LogP contribution in [0, 0.1) is 0 Å². The first kappa shape index (κ1) is 20.0. The quantitative estimate of drug-likeness (QED) is 0.317. The molecule has 156 valence electrons. The lowest BCUT2D eigenvalue weighted by Gasteiger charge is -2.09. The van der Waals surface area contributed by atoms with Gasteiger partial charge in [0.1, 0.15) is 16.3 Å². The number of hydrogen-bond acceptors (Lipinski definition) is 5. The number of ether oxygens (including phenoxy) is 1. The summed E-state index contributed by atoms with van der Waals surface area (Å²) in [5.74, 6) is -0.436. The maximum Gasteiger partial charge on any atom is 0.350 e. The van der Waals surface area contributed by atoms with Crippen molar-refractivity contribution in [3.63, 3.8) is 0 Å². The lowest BCUT2D eigenvalue weighted by Crippen LogP contribution is -2.05. The number of carbonyl (C=O) groups excluding carboxylic acids is 1. The van der Waals surface area contributed by atoms with Gasteiger partial charge in [0.25, 0.3) is 0 Å². The minimum absolute atomic E-state index is 0.196.